The maximum atomic E-state index is 9.50. The largest absolute Gasteiger partial charge is 0.310 e. The molecule has 0 spiro atoms. The predicted molar refractivity (Wildman–Crippen MR) is 126 cm³/mol. The molecule has 0 saturated carbocycles. The summed E-state index contributed by atoms with van der Waals surface area (Å²) in [6.45, 7) is 19.4. The Hall–Kier alpha value is -1.74. The molecule has 3 rings (SSSR count). The lowest BCUT2D eigenvalue weighted by Gasteiger charge is -2.24. The van der Waals surface area contributed by atoms with Crippen LogP contribution in [0.4, 0.5) is 4.39 Å². The fourth-order valence-corrected chi connectivity index (χ4v) is 3.48. The van der Waals surface area contributed by atoms with E-state index in [0.29, 0.717) is 25.1 Å². The molecule has 3 unspecified atom stereocenters. The number of hydrogen-bond acceptors (Lipinski definition) is 2. The van der Waals surface area contributed by atoms with Gasteiger partial charge in [-0.1, -0.05) is 72.7 Å². The van der Waals surface area contributed by atoms with Gasteiger partial charge in [0.05, 0.1) is 12.7 Å². The quantitative estimate of drug-likeness (QED) is 0.556. The van der Waals surface area contributed by atoms with Crippen LogP contribution >= 0.6 is 0 Å². The highest BCUT2D eigenvalue weighted by Gasteiger charge is 2.29. The van der Waals surface area contributed by atoms with E-state index in [1.807, 2.05) is 47.7 Å². The number of nitrogens with zero attached hydrogens (tertiary/aromatic N) is 1. The van der Waals surface area contributed by atoms with Crippen LogP contribution in [0.5, 0.6) is 0 Å². The number of halogens is 1. The van der Waals surface area contributed by atoms with Crippen LogP contribution in [0.25, 0.3) is 10.9 Å². The van der Waals surface area contributed by atoms with Crippen LogP contribution in [0.3, 0.4) is 0 Å². The van der Waals surface area contributed by atoms with Gasteiger partial charge in [-0.05, 0) is 48.9 Å². The average molecular weight is 391 g/mol. The summed E-state index contributed by atoms with van der Waals surface area (Å²) < 4.78 is 9.50. The normalized spacial score (nSPS) is 17.9. The molecule has 2 aromatic rings. The SMILES string of the molecule is C=CC1NCCC1C(C)Cc1ccnc2ccccc12.CC.CC.CC.CF. The van der Waals surface area contributed by atoms with Crippen LogP contribution in [0.1, 0.15) is 60.5 Å². The zero-order valence-electron chi connectivity index (χ0n) is 19.4. The Labute approximate surface area is 173 Å². The first-order chi connectivity index (χ1) is 13.8. The zero-order chi connectivity index (χ0) is 21.9. The number of rotatable bonds is 4. The molecule has 0 amide bonds. The Morgan fingerprint density at radius 2 is 1.71 bits per heavy atom. The Morgan fingerprint density at radius 1 is 1.11 bits per heavy atom. The van der Waals surface area contributed by atoms with Crippen LogP contribution in [0.2, 0.25) is 0 Å². The highest BCUT2D eigenvalue weighted by molar-refractivity contribution is 5.81. The Kier molecular flexibility index (Phi) is 18.9. The summed E-state index contributed by atoms with van der Waals surface area (Å²) in [6.07, 6.45) is 6.36. The molecular weight excluding hydrogens is 347 g/mol. The van der Waals surface area contributed by atoms with Gasteiger partial charge in [0.15, 0.2) is 0 Å². The molecule has 1 aromatic heterocycles. The van der Waals surface area contributed by atoms with Crippen molar-refractivity contribution in [3.8, 4) is 0 Å². The van der Waals surface area contributed by atoms with Gasteiger partial charge in [0.25, 0.3) is 0 Å². The number of aromatic nitrogens is 1. The fourth-order valence-electron chi connectivity index (χ4n) is 3.48. The summed E-state index contributed by atoms with van der Waals surface area (Å²) in [6, 6.07) is 11.1. The van der Waals surface area contributed by atoms with Gasteiger partial charge >= 0.3 is 0 Å². The third-order valence-corrected chi connectivity index (χ3v) is 4.59. The van der Waals surface area contributed by atoms with Crippen LogP contribution < -0.4 is 5.32 Å². The molecule has 2 nitrogen and oxygen atoms in total. The minimum absolute atomic E-state index is 0.470. The van der Waals surface area contributed by atoms with Crippen molar-refractivity contribution < 1.29 is 4.39 Å². The number of alkyl halides is 1. The van der Waals surface area contributed by atoms with E-state index in [1.54, 1.807) is 0 Å². The molecule has 2 heterocycles. The second-order valence-electron chi connectivity index (χ2n) is 5.84. The molecule has 1 fully saturated rings. The van der Waals surface area contributed by atoms with Gasteiger partial charge in [-0.15, -0.1) is 6.58 Å². The number of hydrogen-bond donors (Lipinski definition) is 1. The van der Waals surface area contributed by atoms with Gasteiger partial charge in [0.1, 0.15) is 0 Å². The molecule has 1 aliphatic heterocycles. The molecule has 3 atom stereocenters. The standard InChI is InChI=1S/C18H22N2.3C2H6.CH3F/c1-3-17-15(9-11-19-17)13(2)12-14-8-10-20-18-7-5-4-6-16(14)18;4*1-2/h3-8,10,13,15,17,19H,1,9,11-12H2,2H3;3*1-2H3;1H3. The van der Waals surface area contributed by atoms with Crippen molar-refractivity contribution in [1.82, 2.24) is 10.3 Å². The van der Waals surface area contributed by atoms with E-state index in [0.717, 1.165) is 18.5 Å². The molecule has 1 N–H and O–H groups in total. The lowest BCUT2D eigenvalue weighted by Crippen LogP contribution is -2.28. The van der Waals surface area contributed by atoms with Gasteiger partial charge in [-0.2, -0.15) is 0 Å². The average Bonchev–Trinajstić information content (AvgIpc) is 3.29. The maximum absolute atomic E-state index is 9.50. The number of benzene rings is 1. The van der Waals surface area contributed by atoms with Crippen molar-refractivity contribution in [3.63, 3.8) is 0 Å². The Bertz CT molecular complexity index is 607. The smallest absolute Gasteiger partial charge is 0.0785 e. The van der Waals surface area contributed by atoms with Crippen molar-refractivity contribution in [2.45, 2.75) is 67.3 Å². The molecule has 0 aliphatic carbocycles. The van der Waals surface area contributed by atoms with Crippen molar-refractivity contribution in [3.05, 3.63) is 54.7 Å². The summed E-state index contributed by atoms with van der Waals surface area (Å²) in [5, 5.41) is 4.82. The number of para-hydroxylation sites is 1. The summed E-state index contributed by atoms with van der Waals surface area (Å²) >= 11 is 0. The van der Waals surface area contributed by atoms with Crippen molar-refractivity contribution in [1.29, 1.82) is 0 Å². The molecule has 160 valence electrons. The Balaban J connectivity index is 0. The summed E-state index contributed by atoms with van der Waals surface area (Å²) in [4.78, 5) is 4.45. The van der Waals surface area contributed by atoms with E-state index in [9.17, 15) is 4.39 Å². The lowest BCUT2D eigenvalue weighted by molar-refractivity contribution is 0.350. The Morgan fingerprint density at radius 3 is 2.32 bits per heavy atom. The van der Waals surface area contributed by atoms with Gasteiger partial charge in [0.2, 0.25) is 0 Å². The molecular formula is C25H43FN2. The predicted octanol–water partition coefficient (Wildman–Crippen LogP) is 7.24. The van der Waals surface area contributed by atoms with Crippen molar-refractivity contribution in [2.75, 3.05) is 13.7 Å². The van der Waals surface area contributed by atoms with Crippen molar-refractivity contribution in [2.24, 2.45) is 11.8 Å². The highest BCUT2D eigenvalue weighted by Crippen LogP contribution is 2.29. The second kappa shape index (κ2) is 18.6. The number of pyridine rings is 1. The van der Waals surface area contributed by atoms with Gasteiger partial charge < -0.3 is 5.32 Å². The number of fused-ring (bicyclic) bond motifs is 1. The van der Waals surface area contributed by atoms with E-state index in [2.05, 4.69) is 60.2 Å². The minimum Gasteiger partial charge on any atom is -0.310 e. The second-order valence-corrected chi connectivity index (χ2v) is 5.84. The summed E-state index contributed by atoms with van der Waals surface area (Å²) in [5.74, 6) is 1.35. The third kappa shape index (κ3) is 8.52. The molecule has 1 aliphatic rings. The topological polar surface area (TPSA) is 24.9 Å². The van der Waals surface area contributed by atoms with Gasteiger partial charge in [-0.3, -0.25) is 9.37 Å². The van der Waals surface area contributed by atoms with E-state index in [4.69, 9.17) is 0 Å². The van der Waals surface area contributed by atoms with E-state index >= 15 is 0 Å². The van der Waals surface area contributed by atoms with E-state index in [1.165, 1.54) is 17.4 Å². The van der Waals surface area contributed by atoms with Gasteiger partial charge in [-0.25, -0.2) is 0 Å². The first kappa shape index (κ1) is 28.5. The molecule has 0 radical (unpaired) electrons. The van der Waals surface area contributed by atoms with E-state index < -0.39 is 0 Å². The molecule has 0 bridgehead atoms. The third-order valence-electron chi connectivity index (χ3n) is 4.59. The monoisotopic (exact) mass is 390 g/mol. The van der Waals surface area contributed by atoms with Crippen LogP contribution in [0.15, 0.2) is 49.2 Å². The molecule has 3 heteroatoms. The molecule has 28 heavy (non-hydrogen) atoms. The first-order valence-electron chi connectivity index (χ1n) is 10.9. The van der Waals surface area contributed by atoms with E-state index in [-0.39, 0.29) is 0 Å². The molecule has 1 aromatic carbocycles. The molecule has 1 saturated heterocycles. The van der Waals surface area contributed by atoms with Gasteiger partial charge in [0, 0.05) is 17.6 Å². The van der Waals surface area contributed by atoms with Crippen LogP contribution in [-0.2, 0) is 6.42 Å². The fraction of sp³-hybridized carbons (Fsp3) is 0.560. The lowest BCUT2D eigenvalue weighted by atomic mass is 9.83. The highest BCUT2D eigenvalue weighted by atomic mass is 19.1. The van der Waals surface area contributed by atoms with Crippen LogP contribution in [-0.4, -0.2) is 24.7 Å². The number of nitrogens with one attached hydrogen (secondary N) is 1. The first-order valence-corrected chi connectivity index (χ1v) is 10.9. The van der Waals surface area contributed by atoms with Crippen molar-refractivity contribution >= 4 is 10.9 Å². The summed E-state index contributed by atoms with van der Waals surface area (Å²) in [5.41, 5.74) is 2.51. The minimum atomic E-state index is 0.470. The summed E-state index contributed by atoms with van der Waals surface area (Å²) in [7, 11) is 0.500. The zero-order valence-corrected chi connectivity index (χ0v) is 19.4. The maximum Gasteiger partial charge on any atom is 0.0785 e. The van der Waals surface area contributed by atoms with Crippen LogP contribution in [0, 0.1) is 11.8 Å².